The highest BCUT2D eigenvalue weighted by atomic mass is 35.5. The molecule has 246 valence electrons. The van der Waals surface area contributed by atoms with Crippen molar-refractivity contribution in [3.8, 4) is 35.2 Å². The van der Waals surface area contributed by atoms with Gasteiger partial charge in [-0.05, 0) is 59.5 Å². The molecule has 3 aromatic heterocycles. The predicted molar refractivity (Wildman–Crippen MR) is 180 cm³/mol. The molecule has 0 atom stereocenters. The summed E-state index contributed by atoms with van der Waals surface area (Å²) >= 11 is 6.41. The molecule has 12 nitrogen and oxygen atoms in total. The quantitative estimate of drug-likeness (QED) is 0.0905. The first-order valence-electron chi connectivity index (χ1n) is 14.9. The maximum Gasteiger partial charge on any atom is 0.396 e. The smallest absolute Gasteiger partial charge is 0.396 e. The van der Waals surface area contributed by atoms with Gasteiger partial charge in [0.2, 0.25) is 5.50 Å². The van der Waals surface area contributed by atoms with E-state index in [0.717, 1.165) is 5.56 Å². The SMILES string of the molecule is COc1ccc(COP(=O)(OCc2ccc(OC)c(C#N)c2)c2ccc(-c3nc4c(Cl)ncnc4n3CCc3ccccc3)o2)cc1C#N. The second-order valence-corrected chi connectivity index (χ2v) is 12.9. The Morgan fingerprint density at radius 3 is 2.06 bits per heavy atom. The highest BCUT2D eigenvalue weighted by Gasteiger charge is 2.33. The van der Waals surface area contributed by atoms with Gasteiger partial charge in [-0.1, -0.05) is 54.1 Å². The Kier molecular flexibility index (Phi) is 10.0. The van der Waals surface area contributed by atoms with Gasteiger partial charge in [-0.2, -0.15) is 10.5 Å². The zero-order chi connectivity index (χ0) is 34.4. The highest BCUT2D eigenvalue weighted by molar-refractivity contribution is 7.61. The van der Waals surface area contributed by atoms with Gasteiger partial charge >= 0.3 is 7.60 Å². The lowest BCUT2D eigenvalue weighted by Crippen LogP contribution is -2.09. The number of nitrogens with zero attached hydrogens (tertiary/aromatic N) is 6. The van der Waals surface area contributed by atoms with Gasteiger partial charge in [-0.15, -0.1) is 0 Å². The van der Waals surface area contributed by atoms with Crippen molar-refractivity contribution in [1.82, 2.24) is 19.5 Å². The van der Waals surface area contributed by atoms with Crippen molar-refractivity contribution < 1.29 is 27.5 Å². The Morgan fingerprint density at radius 1 is 0.837 bits per heavy atom. The van der Waals surface area contributed by atoms with Gasteiger partial charge in [-0.25, -0.2) is 15.0 Å². The number of nitriles is 2. The monoisotopic (exact) mass is 694 g/mol. The van der Waals surface area contributed by atoms with Gasteiger partial charge in [0.05, 0.1) is 38.6 Å². The van der Waals surface area contributed by atoms with Crippen LogP contribution in [0.15, 0.2) is 89.6 Å². The van der Waals surface area contributed by atoms with Gasteiger partial charge in [0, 0.05) is 6.54 Å². The molecule has 14 heteroatoms. The Balaban J connectivity index is 1.35. The van der Waals surface area contributed by atoms with E-state index in [9.17, 15) is 15.1 Å². The predicted octanol–water partition coefficient (Wildman–Crippen LogP) is 6.99. The van der Waals surface area contributed by atoms with Crippen molar-refractivity contribution in [3.63, 3.8) is 0 Å². The van der Waals surface area contributed by atoms with Crippen molar-refractivity contribution in [2.24, 2.45) is 0 Å². The van der Waals surface area contributed by atoms with Crippen molar-refractivity contribution >= 4 is 35.9 Å². The minimum absolute atomic E-state index is 0.0793. The number of furan rings is 1. The lowest BCUT2D eigenvalue weighted by Gasteiger charge is -2.17. The van der Waals surface area contributed by atoms with Crippen LogP contribution in [0.1, 0.15) is 27.8 Å². The van der Waals surface area contributed by atoms with Crippen LogP contribution in [0.3, 0.4) is 0 Å². The number of rotatable bonds is 13. The molecule has 0 aliphatic heterocycles. The highest BCUT2D eigenvalue weighted by Crippen LogP contribution is 2.50. The summed E-state index contributed by atoms with van der Waals surface area (Å²) in [6.07, 6.45) is 2.03. The van der Waals surface area contributed by atoms with Crippen LogP contribution in [0, 0.1) is 22.7 Å². The summed E-state index contributed by atoms with van der Waals surface area (Å²) in [5.41, 5.74) is 3.63. The standard InChI is InChI=1S/C35H28ClN6O6P/c1-44-28-10-8-24(16-26(28)18-37)20-46-49(43,47-21-25-9-11-29(45-2)27(17-25)19-38)31-13-12-30(48-31)34-41-32-33(36)39-22-40-35(32)42(34)15-14-23-6-4-3-5-7-23/h3-13,16-17,22H,14-15,20-21H2,1-2H3. The summed E-state index contributed by atoms with van der Waals surface area (Å²) in [7, 11) is -1.26. The van der Waals surface area contributed by atoms with Gasteiger partial charge in [0.15, 0.2) is 22.4 Å². The summed E-state index contributed by atoms with van der Waals surface area (Å²) in [5.74, 6) is 1.47. The van der Waals surface area contributed by atoms with Crippen LogP contribution in [-0.2, 0) is 39.8 Å². The Morgan fingerprint density at radius 2 is 1.47 bits per heavy atom. The molecule has 0 radical (unpaired) electrons. The number of imidazole rings is 1. The molecule has 0 saturated heterocycles. The van der Waals surface area contributed by atoms with E-state index in [0.29, 0.717) is 52.6 Å². The molecule has 0 aliphatic rings. The third kappa shape index (κ3) is 7.19. The Bertz CT molecular complexity index is 2190. The number of hydrogen-bond donors (Lipinski definition) is 0. The number of aryl methyl sites for hydroxylation is 2. The lowest BCUT2D eigenvalue weighted by molar-refractivity contribution is 0.196. The number of fused-ring (bicyclic) bond motifs is 1. The van der Waals surface area contributed by atoms with Gasteiger partial charge in [0.1, 0.15) is 35.5 Å². The van der Waals surface area contributed by atoms with E-state index < -0.39 is 7.60 Å². The molecule has 0 unspecified atom stereocenters. The van der Waals surface area contributed by atoms with Crippen LogP contribution in [0.5, 0.6) is 11.5 Å². The molecule has 6 rings (SSSR count). The van der Waals surface area contributed by atoms with Gasteiger partial charge in [0.25, 0.3) is 0 Å². The molecular formula is C35H28ClN6O6P. The average Bonchev–Trinajstić information content (AvgIpc) is 3.79. The van der Waals surface area contributed by atoms with Gasteiger partial charge in [-0.3, -0.25) is 13.6 Å². The van der Waals surface area contributed by atoms with Crippen LogP contribution in [0.2, 0.25) is 5.15 Å². The van der Waals surface area contributed by atoms with Crippen molar-refractivity contribution in [3.05, 3.63) is 118 Å². The first-order chi connectivity index (χ1) is 23.8. The molecule has 0 fully saturated rings. The maximum atomic E-state index is 14.6. The largest absolute Gasteiger partial charge is 0.495 e. The van der Waals surface area contributed by atoms with E-state index in [-0.39, 0.29) is 40.8 Å². The minimum Gasteiger partial charge on any atom is -0.495 e. The third-order valence-corrected chi connectivity index (χ3v) is 9.60. The van der Waals surface area contributed by atoms with E-state index in [1.54, 1.807) is 42.5 Å². The van der Waals surface area contributed by atoms with Crippen molar-refractivity contribution in [2.75, 3.05) is 14.2 Å². The zero-order valence-electron chi connectivity index (χ0n) is 26.4. The van der Waals surface area contributed by atoms with Crippen molar-refractivity contribution in [1.29, 1.82) is 10.5 Å². The maximum absolute atomic E-state index is 14.6. The lowest BCUT2D eigenvalue weighted by atomic mass is 10.1. The summed E-state index contributed by atoms with van der Waals surface area (Å²) in [6, 6.07) is 27.1. The van der Waals surface area contributed by atoms with Gasteiger partial charge < -0.3 is 18.5 Å². The summed E-state index contributed by atoms with van der Waals surface area (Å²) in [4.78, 5) is 13.2. The molecule has 3 aromatic carbocycles. The topological polar surface area (TPSA) is 158 Å². The van der Waals surface area contributed by atoms with Crippen LogP contribution < -0.4 is 15.0 Å². The molecule has 0 bridgehead atoms. The fourth-order valence-corrected chi connectivity index (χ4v) is 6.74. The van der Waals surface area contributed by atoms with Crippen LogP contribution >= 0.6 is 19.2 Å². The molecule has 3 heterocycles. The Labute approximate surface area is 286 Å². The first-order valence-corrected chi connectivity index (χ1v) is 16.8. The molecule has 0 saturated carbocycles. The van der Waals surface area contributed by atoms with E-state index in [1.165, 1.54) is 26.6 Å². The van der Waals surface area contributed by atoms with E-state index in [1.807, 2.05) is 34.9 Å². The third-order valence-electron chi connectivity index (χ3n) is 7.61. The van der Waals surface area contributed by atoms with Crippen LogP contribution in [0.25, 0.3) is 22.7 Å². The molecule has 0 amide bonds. The van der Waals surface area contributed by atoms with E-state index >= 15 is 0 Å². The minimum atomic E-state index is -4.20. The normalized spacial score (nSPS) is 11.3. The molecular weight excluding hydrogens is 667 g/mol. The number of ether oxygens (including phenoxy) is 2. The molecule has 0 spiro atoms. The second kappa shape index (κ2) is 14.7. The summed E-state index contributed by atoms with van der Waals surface area (Å²) < 4.78 is 45.1. The average molecular weight is 695 g/mol. The fraction of sp³-hybridized carbons (Fsp3) is 0.171. The molecule has 0 N–H and O–H groups in total. The molecule has 49 heavy (non-hydrogen) atoms. The molecule has 0 aliphatic carbocycles. The van der Waals surface area contributed by atoms with Crippen LogP contribution in [-0.4, -0.2) is 33.7 Å². The number of halogens is 1. The molecule has 6 aromatic rings. The number of hydrogen-bond acceptors (Lipinski definition) is 11. The van der Waals surface area contributed by atoms with Crippen molar-refractivity contribution in [2.45, 2.75) is 26.2 Å². The number of methoxy groups -OCH3 is 2. The number of benzene rings is 3. The van der Waals surface area contributed by atoms with E-state index in [2.05, 4.69) is 22.1 Å². The number of aromatic nitrogens is 4. The summed E-state index contributed by atoms with van der Waals surface area (Å²) in [6.45, 7) is 0.124. The second-order valence-electron chi connectivity index (χ2n) is 10.6. The first kappa shape index (κ1) is 33.4. The van der Waals surface area contributed by atoms with Crippen LogP contribution in [0.4, 0.5) is 0 Å². The fourth-order valence-electron chi connectivity index (χ4n) is 5.14. The Hall–Kier alpha value is -5.49. The summed E-state index contributed by atoms with van der Waals surface area (Å²) in [5, 5.41) is 19.3. The van der Waals surface area contributed by atoms with E-state index in [4.69, 9.17) is 39.5 Å². The zero-order valence-corrected chi connectivity index (χ0v) is 28.0.